The number of carbonyl (C=O) groups is 2. The van der Waals surface area contributed by atoms with Crippen molar-refractivity contribution in [2.45, 2.75) is 46.1 Å². The lowest BCUT2D eigenvalue weighted by molar-refractivity contribution is -0.134. The number of benzene rings is 1. The van der Waals surface area contributed by atoms with Gasteiger partial charge >= 0.3 is 0 Å². The third-order valence-electron chi connectivity index (χ3n) is 4.27. The molecule has 1 unspecified atom stereocenters. The SMILES string of the molecule is CC(C)=O.CC1(Cc2ccccc2)CCN(C(=O)C(N)CS)CC1. The van der Waals surface area contributed by atoms with Crippen LogP contribution >= 0.6 is 12.6 Å². The maximum Gasteiger partial charge on any atom is 0.240 e. The molecule has 0 radical (unpaired) electrons. The van der Waals surface area contributed by atoms with Gasteiger partial charge in [-0.2, -0.15) is 12.6 Å². The number of ketones is 1. The molecule has 24 heavy (non-hydrogen) atoms. The second kappa shape index (κ2) is 9.84. The van der Waals surface area contributed by atoms with Crippen LogP contribution in [0.15, 0.2) is 30.3 Å². The molecule has 1 fully saturated rings. The highest BCUT2D eigenvalue weighted by Crippen LogP contribution is 2.34. The van der Waals surface area contributed by atoms with Crippen LogP contribution in [0.3, 0.4) is 0 Å². The average Bonchev–Trinajstić information content (AvgIpc) is 2.54. The summed E-state index contributed by atoms with van der Waals surface area (Å²) in [5.41, 5.74) is 7.43. The summed E-state index contributed by atoms with van der Waals surface area (Å²) in [5, 5.41) is 0. The molecule has 1 aromatic rings. The lowest BCUT2D eigenvalue weighted by atomic mass is 9.75. The zero-order valence-corrected chi connectivity index (χ0v) is 15.9. The van der Waals surface area contributed by atoms with Crippen molar-refractivity contribution in [1.29, 1.82) is 0 Å². The molecule has 1 aliphatic heterocycles. The number of Topliss-reactive ketones (excluding diaryl/α,β-unsaturated/α-hetero) is 1. The van der Waals surface area contributed by atoms with Crippen molar-refractivity contribution >= 4 is 24.3 Å². The molecule has 0 bridgehead atoms. The van der Waals surface area contributed by atoms with E-state index < -0.39 is 6.04 Å². The Morgan fingerprint density at radius 3 is 2.17 bits per heavy atom. The maximum atomic E-state index is 12.1. The number of nitrogens with two attached hydrogens (primary N) is 1. The molecule has 1 heterocycles. The van der Waals surface area contributed by atoms with Gasteiger partial charge in [-0.25, -0.2) is 0 Å². The van der Waals surface area contributed by atoms with Crippen LogP contribution in [-0.4, -0.2) is 41.5 Å². The van der Waals surface area contributed by atoms with E-state index >= 15 is 0 Å². The van der Waals surface area contributed by atoms with E-state index in [1.807, 2.05) is 11.0 Å². The minimum Gasteiger partial charge on any atom is -0.341 e. The third kappa shape index (κ3) is 7.05. The van der Waals surface area contributed by atoms with Gasteiger partial charge in [-0.1, -0.05) is 37.3 Å². The largest absolute Gasteiger partial charge is 0.341 e. The highest BCUT2D eigenvalue weighted by atomic mass is 32.1. The number of hydrogen-bond donors (Lipinski definition) is 2. The normalized spacial score (nSPS) is 17.5. The first-order chi connectivity index (χ1) is 11.3. The predicted octanol–water partition coefficient (Wildman–Crippen LogP) is 2.71. The predicted molar refractivity (Wildman–Crippen MR) is 102 cm³/mol. The molecule has 1 amide bonds. The standard InChI is InChI=1S/C16H24N2OS.C3H6O/c1-16(11-13-5-3-2-4-6-13)7-9-18(10-8-16)15(19)14(17)12-20;1-3(2)4/h2-6,14,20H,7-12,17H2,1H3;1-2H3. The van der Waals surface area contributed by atoms with E-state index in [4.69, 9.17) is 5.73 Å². The Morgan fingerprint density at radius 1 is 1.21 bits per heavy atom. The van der Waals surface area contributed by atoms with E-state index in [-0.39, 0.29) is 17.1 Å². The molecule has 134 valence electrons. The van der Waals surface area contributed by atoms with Crippen LogP contribution in [0.1, 0.15) is 39.2 Å². The number of thiol groups is 1. The smallest absolute Gasteiger partial charge is 0.240 e. The molecule has 1 aliphatic rings. The summed E-state index contributed by atoms with van der Waals surface area (Å²) in [6.07, 6.45) is 3.15. The average molecular weight is 351 g/mol. The van der Waals surface area contributed by atoms with Crippen molar-refractivity contribution in [3.05, 3.63) is 35.9 Å². The van der Waals surface area contributed by atoms with Crippen molar-refractivity contribution in [1.82, 2.24) is 4.90 Å². The minimum absolute atomic E-state index is 0.0433. The van der Waals surface area contributed by atoms with Crippen LogP contribution in [0.5, 0.6) is 0 Å². The fourth-order valence-corrected chi connectivity index (χ4v) is 3.00. The first kappa shape index (κ1) is 20.7. The van der Waals surface area contributed by atoms with Crippen molar-refractivity contribution in [3.63, 3.8) is 0 Å². The lowest BCUT2D eigenvalue weighted by Crippen LogP contribution is -2.49. The molecule has 2 N–H and O–H groups in total. The Labute approximate surface area is 151 Å². The molecule has 1 saturated heterocycles. The van der Waals surface area contributed by atoms with Crippen LogP contribution in [0.25, 0.3) is 0 Å². The molecule has 0 aliphatic carbocycles. The first-order valence-corrected chi connectivity index (χ1v) is 9.07. The summed E-state index contributed by atoms with van der Waals surface area (Å²) >= 11 is 4.10. The number of likely N-dealkylation sites (tertiary alicyclic amines) is 1. The van der Waals surface area contributed by atoms with Gasteiger partial charge in [0.1, 0.15) is 5.78 Å². The van der Waals surface area contributed by atoms with E-state index in [0.717, 1.165) is 32.4 Å². The van der Waals surface area contributed by atoms with Crippen molar-refractivity contribution < 1.29 is 9.59 Å². The Balaban J connectivity index is 0.000000648. The van der Waals surface area contributed by atoms with E-state index in [2.05, 4.69) is 43.8 Å². The number of piperidine rings is 1. The van der Waals surface area contributed by atoms with E-state index in [9.17, 15) is 9.59 Å². The Morgan fingerprint density at radius 2 is 1.71 bits per heavy atom. The van der Waals surface area contributed by atoms with E-state index in [1.54, 1.807) is 0 Å². The second-order valence-electron chi connectivity index (χ2n) is 7.00. The molecule has 0 spiro atoms. The minimum atomic E-state index is -0.461. The molecular formula is C19H30N2O2S. The maximum absolute atomic E-state index is 12.1. The quantitative estimate of drug-likeness (QED) is 0.821. The van der Waals surface area contributed by atoms with E-state index in [1.165, 1.54) is 19.4 Å². The van der Waals surface area contributed by atoms with Crippen LogP contribution in [-0.2, 0) is 16.0 Å². The van der Waals surface area contributed by atoms with Crippen LogP contribution in [0.2, 0.25) is 0 Å². The molecule has 0 saturated carbocycles. The number of rotatable bonds is 4. The molecule has 4 nitrogen and oxygen atoms in total. The van der Waals surface area contributed by atoms with Gasteiger partial charge in [-0.05, 0) is 44.1 Å². The summed E-state index contributed by atoms with van der Waals surface area (Å²) in [6.45, 7) is 6.99. The van der Waals surface area contributed by atoms with Gasteiger partial charge < -0.3 is 15.4 Å². The molecule has 0 aromatic heterocycles. The summed E-state index contributed by atoms with van der Waals surface area (Å²) in [5.74, 6) is 0.623. The van der Waals surface area contributed by atoms with Crippen LogP contribution < -0.4 is 5.73 Å². The highest BCUT2D eigenvalue weighted by Gasteiger charge is 2.33. The molecule has 1 aromatic carbocycles. The molecule has 5 heteroatoms. The van der Waals surface area contributed by atoms with Crippen LogP contribution in [0, 0.1) is 5.41 Å². The molecule has 2 rings (SSSR count). The monoisotopic (exact) mass is 350 g/mol. The summed E-state index contributed by atoms with van der Waals surface area (Å²) < 4.78 is 0. The molecular weight excluding hydrogens is 320 g/mol. The van der Waals surface area contributed by atoms with Gasteiger partial charge in [0.25, 0.3) is 0 Å². The number of carbonyl (C=O) groups excluding carboxylic acids is 2. The number of nitrogens with zero attached hydrogens (tertiary/aromatic N) is 1. The van der Waals surface area contributed by atoms with Crippen molar-refractivity contribution in [2.75, 3.05) is 18.8 Å². The molecule has 1 atom stereocenters. The summed E-state index contributed by atoms with van der Waals surface area (Å²) in [4.78, 5) is 23.4. The third-order valence-corrected chi connectivity index (χ3v) is 4.66. The van der Waals surface area contributed by atoms with Crippen LogP contribution in [0.4, 0.5) is 0 Å². The summed E-state index contributed by atoms with van der Waals surface area (Å²) in [6, 6.07) is 10.1. The van der Waals surface area contributed by atoms with Gasteiger partial charge in [0.15, 0.2) is 0 Å². The van der Waals surface area contributed by atoms with E-state index in [0.29, 0.717) is 5.75 Å². The zero-order valence-electron chi connectivity index (χ0n) is 15.0. The van der Waals surface area contributed by atoms with Gasteiger partial charge in [0, 0.05) is 18.8 Å². The first-order valence-electron chi connectivity index (χ1n) is 8.44. The van der Waals surface area contributed by atoms with Gasteiger partial charge in [-0.3, -0.25) is 4.79 Å². The fraction of sp³-hybridized carbons (Fsp3) is 0.579. The van der Waals surface area contributed by atoms with Crippen molar-refractivity contribution in [2.24, 2.45) is 11.1 Å². The second-order valence-corrected chi connectivity index (χ2v) is 7.36. The highest BCUT2D eigenvalue weighted by molar-refractivity contribution is 7.80. The van der Waals surface area contributed by atoms with Gasteiger partial charge in [0.05, 0.1) is 6.04 Å². The fourth-order valence-electron chi connectivity index (χ4n) is 2.84. The lowest BCUT2D eigenvalue weighted by Gasteiger charge is -2.40. The summed E-state index contributed by atoms with van der Waals surface area (Å²) in [7, 11) is 0. The topological polar surface area (TPSA) is 63.4 Å². The van der Waals surface area contributed by atoms with Crippen molar-refractivity contribution in [3.8, 4) is 0 Å². The Kier molecular flexibility index (Phi) is 8.50. The Bertz CT molecular complexity index is 521. The zero-order chi connectivity index (χ0) is 18.2. The van der Waals surface area contributed by atoms with Gasteiger partial charge in [0.2, 0.25) is 5.91 Å². The van der Waals surface area contributed by atoms with Gasteiger partial charge in [-0.15, -0.1) is 0 Å². The number of hydrogen-bond acceptors (Lipinski definition) is 4. The number of amides is 1. The Hall–Kier alpha value is -1.33.